The molecule has 60 valence electrons. The van der Waals surface area contributed by atoms with Crippen LogP contribution >= 0.6 is 0 Å². The zero-order valence-electron chi connectivity index (χ0n) is 6.14. The molecule has 0 spiro atoms. The predicted molar refractivity (Wildman–Crippen MR) is 38.8 cm³/mol. The van der Waals surface area contributed by atoms with E-state index in [0.717, 1.165) is 6.42 Å². The lowest BCUT2D eigenvalue weighted by atomic mass is 10.0. The molecule has 0 saturated carbocycles. The predicted octanol–water partition coefficient (Wildman–Crippen LogP) is -0.407. The molecular formula is C5H12N2O2S. The summed E-state index contributed by atoms with van der Waals surface area (Å²) in [6.07, 6.45) is 0.826. The molecule has 0 radical (unpaired) electrons. The minimum Gasteiger partial charge on any atom is -0.202 e. The molecule has 4 nitrogen and oxygen atoms in total. The van der Waals surface area contributed by atoms with Gasteiger partial charge in [0, 0.05) is 12.1 Å². The molecule has 0 aromatic heterocycles. The maximum absolute atomic E-state index is 10.8. The maximum Gasteiger partial charge on any atom is 0.277 e. The van der Waals surface area contributed by atoms with Gasteiger partial charge < -0.3 is 0 Å². The number of rotatable bonds is 0. The minimum atomic E-state index is -3.19. The first kappa shape index (κ1) is 7.97. The van der Waals surface area contributed by atoms with Crippen LogP contribution in [0.2, 0.25) is 0 Å². The Kier molecular flexibility index (Phi) is 1.74. The van der Waals surface area contributed by atoms with Crippen LogP contribution in [0.25, 0.3) is 0 Å². The highest BCUT2D eigenvalue weighted by Gasteiger charge is 2.28. The highest BCUT2D eigenvalue weighted by molar-refractivity contribution is 7.87. The van der Waals surface area contributed by atoms with Crippen molar-refractivity contribution in [2.45, 2.75) is 25.8 Å². The Balaban J connectivity index is 2.75. The van der Waals surface area contributed by atoms with Crippen LogP contribution in [-0.4, -0.2) is 20.5 Å². The Morgan fingerprint density at radius 1 is 1.40 bits per heavy atom. The van der Waals surface area contributed by atoms with Gasteiger partial charge in [0.05, 0.1) is 0 Å². The topological polar surface area (TPSA) is 58.2 Å². The fraction of sp³-hybridized carbons (Fsp3) is 1.00. The summed E-state index contributed by atoms with van der Waals surface area (Å²) in [5.41, 5.74) is -0.288. The van der Waals surface area contributed by atoms with Crippen molar-refractivity contribution in [3.63, 3.8) is 0 Å². The van der Waals surface area contributed by atoms with Crippen LogP contribution < -0.4 is 9.44 Å². The Hall–Kier alpha value is -0.130. The largest absolute Gasteiger partial charge is 0.277 e. The van der Waals surface area contributed by atoms with E-state index in [-0.39, 0.29) is 5.54 Å². The van der Waals surface area contributed by atoms with E-state index in [1.54, 1.807) is 0 Å². The van der Waals surface area contributed by atoms with Gasteiger partial charge in [0.2, 0.25) is 0 Å². The van der Waals surface area contributed by atoms with Gasteiger partial charge >= 0.3 is 0 Å². The molecule has 0 amide bonds. The van der Waals surface area contributed by atoms with Gasteiger partial charge in [-0.15, -0.1) is 0 Å². The summed E-state index contributed by atoms with van der Waals surface area (Å²) in [7, 11) is -3.19. The Bertz CT molecular complexity index is 220. The molecule has 2 N–H and O–H groups in total. The lowest BCUT2D eigenvalue weighted by Crippen LogP contribution is -2.55. The van der Waals surface area contributed by atoms with E-state index >= 15 is 0 Å². The highest BCUT2D eigenvalue weighted by Crippen LogP contribution is 2.11. The fourth-order valence-electron chi connectivity index (χ4n) is 0.949. The van der Waals surface area contributed by atoms with E-state index < -0.39 is 10.2 Å². The maximum atomic E-state index is 10.8. The first-order chi connectivity index (χ1) is 4.41. The van der Waals surface area contributed by atoms with E-state index in [1.165, 1.54) is 0 Å². The summed E-state index contributed by atoms with van der Waals surface area (Å²) in [6, 6.07) is 0. The summed E-state index contributed by atoms with van der Waals surface area (Å²) in [4.78, 5) is 0. The standard InChI is InChI=1S/C5H12N2O2S/c1-5(2)3-4-6-10(8,9)7-5/h6-7H,3-4H2,1-2H3. The van der Waals surface area contributed by atoms with E-state index in [2.05, 4.69) is 9.44 Å². The quantitative estimate of drug-likeness (QED) is 0.511. The van der Waals surface area contributed by atoms with Crippen molar-refractivity contribution in [1.29, 1.82) is 0 Å². The van der Waals surface area contributed by atoms with Crippen molar-refractivity contribution in [2.75, 3.05) is 6.54 Å². The number of hydrogen-bond donors (Lipinski definition) is 2. The van der Waals surface area contributed by atoms with Gasteiger partial charge in [-0.1, -0.05) is 0 Å². The average Bonchev–Trinajstić information content (AvgIpc) is 1.56. The molecule has 1 rings (SSSR count). The van der Waals surface area contributed by atoms with Gasteiger partial charge in [-0.2, -0.15) is 13.1 Å². The fourth-order valence-corrected chi connectivity index (χ4v) is 2.22. The number of hydrogen-bond acceptors (Lipinski definition) is 2. The molecule has 0 bridgehead atoms. The monoisotopic (exact) mass is 164 g/mol. The van der Waals surface area contributed by atoms with Crippen molar-refractivity contribution < 1.29 is 8.42 Å². The van der Waals surface area contributed by atoms with E-state index in [9.17, 15) is 8.42 Å². The van der Waals surface area contributed by atoms with Gasteiger partial charge in [-0.05, 0) is 20.3 Å². The first-order valence-electron chi connectivity index (χ1n) is 3.20. The number of nitrogens with one attached hydrogen (secondary N) is 2. The lowest BCUT2D eigenvalue weighted by molar-refractivity contribution is 0.393. The zero-order chi connectivity index (χ0) is 7.83. The van der Waals surface area contributed by atoms with E-state index in [4.69, 9.17) is 0 Å². The van der Waals surface area contributed by atoms with E-state index in [1.807, 2.05) is 13.8 Å². The second-order valence-corrected chi connectivity index (χ2v) is 4.63. The third-order valence-corrected chi connectivity index (χ3v) is 2.86. The van der Waals surface area contributed by atoms with Gasteiger partial charge in [-0.25, -0.2) is 4.72 Å². The van der Waals surface area contributed by atoms with Crippen LogP contribution in [0, 0.1) is 0 Å². The second-order valence-electron chi connectivity index (χ2n) is 3.13. The summed E-state index contributed by atoms with van der Waals surface area (Å²) in [6.45, 7) is 4.26. The summed E-state index contributed by atoms with van der Waals surface area (Å²) in [5.74, 6) is 0. The summed E-state index contributed by atoms with van der Waals surface area (Å²) < 4.78 is 26.6. The van der Waals surface area contributed by atoms with Crippen molar-refractivity contribution >= 4 is 10.2 Å². The molecule has 0 aromatic rings. The summed E-state index contributed by atoms with van der Waals surface area (Å²) in [5, 5.41) is 0. The molecule has 5 heteroatoms. The second kappa shape index (κ2) is 2.18. The van der Waals surface area contributed by atoms with Gasteiger partial charge in [0.15, 0.2) is 0 Å². The third-order valence-electron chi connectivity index (χ3n) is 1.45. The SMILES string of the molecule is CC1(C)CCNS(=O)(=O)N1. The zero-order valence-corrected chi connectivity index (χ0v) is 6.96. The average molecular weight is 164 g/mol. The molecule has 0 aromatic carbocycles. The molecular weight excluding hydrogens is 152 g/mol. The minimum absolute atomic E-state index is 0.288. The Morgan fingerprint density at radius 3 is 2.30 bits per heavy atom. The van der Waals surface area contributed by atoms with Crippen molar-refractivity contribution in [2.24, 2.45) is 0 Å². The molecule has 0 atom stereocenters. The molecule has 1 heterocycles. The molecule has 0 unspecified atom stereocenters. The van der Waals surface area contributed by atoms with Crippen LogP contribution in [0.3, 0.4) is 0 Å². The lowest BCUT2D eigenvalue weighted by Gasteiger charge is -2.30. The van der Waals surface area contributed by atoms with Crippen molar-refractivity contribution in [3.05, 3.63) is 0 Å². The van der Waals surface area contributed by atoms with Crippen LogP contribution in [0.4, 0.5) is 0 Å². The molecule has 1 fully saturated rings. The molecule has 10 heavy (non-hydrogen) atoms. The van der Waals surface area contributed by atoms with Crippen LogP contribution in [0.5, 0.6) is 0 Å². The molecule has 1 aliphatic heterocycles. The van der Waals surface area contributed by atoms with Crippen LogP contribution in [0.1, 0.15) is 20.3 Å². The van der Waals surface area contributed by atoms with Crippen LogP contribution in [0.15, 0.2) is 0 Å². The van der Waals surface area contributed by atoms with Crippen LogP contribution in [-0.2, 0) is 10.2 Å². The first-order valence-corrected chi connectivity index (χ1v) is 4.68. The molecule has 1 saturated heterocycles. The smallest absolute Gasteiger partial charge is 0.202 e. The van der Waals surface area contributed by atoms with E-state index in [0.29, 0.717) is 6.54 Å². The van der Waals surface area contributed by atoms with Crippen molar-refractivity contribution in [1.82, 2.24) is 9.44 Å². The van der Waals surface area contributed by atoms with Crippen molar-refractivity contribution in [3.8, 4) is 0 Å². The summed E-state index contributed by atoms with van der Waals surface area (Å²) >= 11 is 0. The van der Waals surface area contributed by atoms with Gasteiger partial charge in [-0.3, -0.25) is 0 Å². The normalized spacial score (nSPS) is 29.8. The third kappa shape index (κ3) is 1.93. The van der Waals surface area contributed by atoms with Gasteiger partial charge in [0.1, 0.15) is 0 Å². The Morgan fingerprint density at radius 2 is 2.00 bits per heavy atom. The Labute approximate surface area is 61.2 Å². The van der Waals surface area contributed by atoms with Gasteiger partial charge in [0.25, 0.3) is 10.2 Å². The molecule has 1 aliphatic rings. The molecule has 0 aliphatic carbocycles. The highest BCUT2D eigenvalue weighted by atomic mass is 32.2.